The second kappa shape index (κ2) is 4.55. The van der Waals surface area contributed by atoms with Gasteiger partial charge in [0.15, 0.2) is 0 Å². The molecule has 7 heteroatoms. The molecule has 0 spiro atoms. The van der Waals surface area contributed by atoms with Gasteiger partial charge in [0, 0.05) is 11.8 Å². The van der Waals surface area contributed by atoms with Crippen LogP contribution in [0.15, 0.2) is 9.81 Å². The van der Waals surface area contributed by atoms with E-state index in [4.69, 9.17) is 0 Å². The Labute approximate surface area is 126 Å². The number of rotatable bonds is 0. The van der Waals surface area contributed by atoms with Crippen molar-refractivity contribution < 1.29 is 16.8 Å². The molecule has 0 aromatic carbocycles. The molecule has 3 aliphatic carbocycles. The van der Waals surface area contributed by atoms with Gasteiger partial charge < -0.3 is 0 Å². The first-order valence-corrected chi connectivity index (χ1v) is 10.9. The predicted octanol–water partition coefficient (Wildman–Crippen LogP) is 2.09. The van der Waals surface area contributed by atoms with Gasteiger partial charge in [0.1, 0.15) is 0 Å². The van der Waals surface area contributed by atoms with Gasteiger partial charge in [0.05, 0.1) is 9.81 Å². The predicted molar refractivity (Wildman–Crippen MR) is 78.9 cm³/mol. The van der Waals surface area contributed by atoms with E-state index in [-0.39, 0.29) is 21.6 Å². The zero-order chi connectivity index (χ0) is 14.8. The van der Waals surface area contributed by atoms with Gasteiger partial charge in [-0.05, 0) is 37.5 Å². The van der Waals surface area contributed by atoms with E-state index in [1.807, 2.05) is 4.13 Å². The molecule has 1 heterocycles. The first-order chi connectivity index (χ1) is 9.92. The maximum atomic E-state index is 12.4. The van der Waals surface area contributed by atoms with Crippen LogP contribution in [0.25, 0.3) is 0 Å². The van der Waals surface area contributed by atoms with Crippen LogP contribution in [0.2, 0.25) is 0 Å². The Morgan fingerprint density at radius 1 is 0.667 bits per heavy atom. The highest BCUT2D eigenvalue weighted by molar-refractivity contribution is 8.11. The number of fused-ring (bicyclic) bond motifs is 5. The third-order valence-electron chi connectivity index (χ3n) is 5.90. The summed E-state index contributed by atoms with van der Waals surface area (Å²) in [6, 6.07) is 0. The first kappa shape index (κ1) is 14.2. The molecule has 1 N–H and O–H groups in total. The fourth-order valence-corrected chi connectivity index (χ4v) is 10.0. The van der Waals surface area contributed by atoms with Crippen molar-refractivity contribution in [3.8, 4) is 0 Å². The Morgan fingerprint density at radius 3 is 1.48 bits per heavy atom. The van der Waals surface area contributed by atoms with Crippen molar-refractivity contribution in [2.45, 2.75) is 51.4 Å². The van der Waals surface area contributed by atoms with Gasteiger partial charge in [-0.25, -0.2) is 16.8 Å². The summed E-state index contributed by atoms with van der Waals surface area (Å²) < 4.78 is 51.5. The molecule has 1 aliphatic heterocycles. The van der Waals surface area contributed by atoms with E-state index < -0.39 is 20.0 Å². The SMILES string of the molecule is O=S1(=O)NS(=O)(=O)C2=C1C1CCCCC1C1CCCCC21. The van der Waals surface area contributed by atoms with Crippen molar-refractivity contribution in [2.24, 2.45) is 23.7 Å². The monoisotopic (exact) mass is 331 g/mol. The van der Waals surface area contributed by atoms with Gasteiger partial charge in [-0.15, -0.1) is 4.13 Å². The van der Waals surface area contributed by atoms with Crippen LogP contribution in [-0.2, 0) is 20.0 Å². The third kappa shape index (κ3) is 1.96. The van der Waals surface area contributed by atoms with E-state index in [2.05, 4.69) is 0 Å². The Morgan fingerprint density at radius 2 is 1.05 bits per heavy atom. The maximum absolute atomic E-state index is 12.4. The zero-order valence-electron chi connectivity index (χ0n) is 11.9. The number of hydrogen-bond acceptors (Lipinski definition) is 4. The summed E-state index contributed by atoms with van der Waals surface area (Å²) in [5, 5.41) is 0. The molecule has 118 valence electrons. The molecule has 0 amide bonds. The first-order valence-electron chi connectivity index (χ1n) is 7.94. The number of hydrogen-bond donors (Lipinski definition) is 1. The van der Waals surface area contributed by atoms with Gasteiger partial charge in [0.2, 0.25) is 0 Å². The lowest BCUT2D eigenvalue weighted by atomic mass is 9.60. The van der Waals surface area contributed by atoms with E-state index in [9.17, 15) is 16.8 Å². The topological polar surface area (TPSA) is 80.3 Å². The minimum Gasteiger partial charge on any atom is -0.206 e. The van der Waals surface area contributed by atoms with Crippen LogP contribution in [0.1, 0.15) is 51.4 Å². The molecule has 0 saturated heterocycles. The maximum Gasteiger partial charge on any atom is 0.251 e. The molecule has 2 fully saturated rings. The van der Waals surface area contributed by atoms with E-state index >= 15 is 0 Å². The van der Waals surface area contributed by atoms with Gasteiger partial charge in [-0.2, -0.15) is 0 Å². The Bertz CT molecular complexity index is 647. The average Bonchev–Trinajstić information content (AvgIpc) is 2.64. The van der Waals surface area contributed by atoms with E-state index in [1.54, 1.807) is 0 Å². The standard InChI is InChI=1S/C14H21NO4S2/c16-20(17)13-11-7-3-1-5-9(11)10-6-2-4-8-12(10)14(13)21(18,19)15-20/h9-12,15H,1-8H2. The van der Waals surface area contributed by atoms with Crippen LogP contribution in [0.3, 0.4) is 0 Å². The van der Waals surface area contributed by atoms with Crippen molar-refractivity contribution in [1.82, 2.24) is 4.13 Å². The molecule has 0 bridgehead atoms. The van der Waals surface area contributed by atoms with Gasteiger partial charge >= 0.3 is 0 Å². The highest BCUT2D eigenvalue weighted by Crippen LogP contribution is 2.57. The molecule has 4 atom stereocenters. The molecule has 4 aliphatic rings. The largest absolute Gasteiger partial charge is 0.251 e. The van der Waals surface area contributed by atoms with Crippen molar-refractivity contribution >= 4 is 20.0 Å². The van der Waals surface area contributed by atoms with Gasteiger partial charge in [-0.3, -0.25) is 0 Å². The molecule has 0 aromatic heterocycles. The summed E-state index contributed by atoms with van der Waals surface area (Å²) in [5.74, 6) is 0.603. The second-order valence-corrected chi connectivity index (χ2v) is 10.5. The van der Waals surface area contributed by atoms with Crippen LogP contribution in [-0.4, -0.2) is 16.8 Å². The summed E-state index contributed by atoms with van der Waals surface area (Å²) in [6.45, 7) is 0. The molecular formula is C14H21NO4S2. The van der Waals surface area contributed by atoms with E-state index in [0.29, 0.717) is 11.8 Å². The van der Waals surface area contributed by atoms with Crippen LogP contribution in [0, 0.1) is 23.7 Å². The van der Waals surface area contributed by atoms with Crippen LogP contribution in [0.4, 0.5) is 0 Å². The number of sulfonamides is 2. The summed E-state index contributed by atoms with van der Waals surface area (Å²) in [6.07, 6.45) is 8.05. The lowest BCUT2D eigenvalue weighted by molar-refractivity contribution is 0.102. The normalized spacial score (nSPS) is 43.8. The van der Waals surface area contributed by atoms with Crippen molar-refractivity contribution in [3.63, 3.8) is 0 Å². The van der Waals surface area contributed by atoms with Crippen LogP contribution in [0.5, 0.6) is 0 Å². The molecule has 0 aromatic rings. The Hall–Kier alpha value is -0.400. The fourth-order valence-electron chi connectivity index (χ4n) is 5.26. The van der Waals surface area contributed by atoms with Crippen LogP contribution < -0.4 is 4.13 Å². The Kier molecular flexibility index (Phi) is 3.08. The fraction of sp³-hybridized carbons (Fsp3) is 0.857. The lowest BCUT2D eigenvalue weighted by Gasteiger charge is -2.47. The third-order valence-corrected chi connectivity index (χ3v) is 9.99. The van der Waals surface area contributed by atoms with Crippen molar-refractivity contribution in [2.75, 3.05) is 0 Å². The van der Waals surface area contributed by atoms with Gasteiger partial charge in [0.25, 0.3) is 20.0 Å². The summed E-state index contributed by atoms with van der Waals surface area (Å²) in [4.78, 5) is 0.491. The highest BCUT2D eigenvalue weighted by atomic mass is 32.3. The smallest absolute Gasteiger partial charge is 0.206 e. The van der Waals surface area contributed by atoms with Gasteiger partial charge in [-0.1, -0.05) is 25.7 Å². The van der Waals surface area contributed by atoms with Crippen molar-refractivity contribution in [1.29, 1.82) is 0 Å². The molecule has 4 rings (SSSR count). The summed E-state index contributed by atoms with van der Waals surface area (Å²) in [5.41, 5.74) is 0. The number of allylic oxidation sites excluding steroid dienone is 2. The Balaban J connectivity index is 1.95. The molecule has 2 saturated carbocycles. The summed E-state index contributed by atoms with van der Waals surface area (Å²) >= 11 is 0. The second-order valence-electron chi connectivity index (χ2n) is 6.93. The molecule has 5 nitrogen and oxygen atoms in total. The van der Waals surface area contributed by atoms with E-state index in [1.165, 1.54) is 0 Å². The summed E-state index contributed by atoms with van der Waals surface area (Å²) in [7, 11) is -7.67. The van der Waals surface area contributed by atoms with E-state index in [0.717, 1.165) is 51.4 Å². The molecule has 0 radical (unpaired) electrons. The minimum atomic E-state index is -3.83. The zero-order valence-corrected chi connectivity index (χ0v) is 13.5. The highest BCUT2D eigenvalue weighted by Gasteiger charge is 2.56. The molecule has 4 unspecified atom stereocenters. The quantitative estimate of drug-likeness (QED) is 0.737. The van der Waals surface area contributed by atoms with Crippen LogP contribution >= 0.6 is 0 Å². The minimum absolute atomic E-state index is 0.0668. The molecular weight excluding hydrogens is 310 g/mol. The average molecular weight is 331 g/mol. The number of nitrogens with one attached hydrogen (secondary N) is 1. The lowest BCUT2D eigenvalue weighted by Crippen LogP contribution is -2.41. The van der Waals surface area contributed by atoms with Crippen molar-refractivity contribution in [3.05, 3.63) is 9.81 Å². The molecule has 21 heavy (non-hydrogen) atoms.